The lowest BCUT2D eigenvalue weighted by molar-refractivity contribution is -0.104. The van der Waals surface area contributed by atoms with Gasteiger partial charge in [-0.05, 0) is 18.6 Å². The number of aldehydes is 1. The highest BCUT2D eigenvalue weighted by Crippen LogP contribution is 1.93. The molecule has 0 amide bonds. The lowest BCUT2D eigenvalue weighted by atomic mass is 10.3. The Labute approximate surface area is 63.6 Å². The molecule has 0 fully saturated rings. The second-order valence-electron chi connectivity index (χ2n) is 1.60. The van der Waals surface area contributed by atoms with Crippen LogP contribution in [0.25, 0.3) is 0 Å². The molecule has 0 N–H and O–H groups in total. The molecule has 1 nitrogen and oxygen atoms in total. The van der Waals surface area contributed by atoms with Gasteiger partial charge in [0.05, 0.1) is 0 Å². The van der Waals surface area contributed by atoms with Gasteiger partial charge in [0.1, 0.15) is 6.29 Å². The minimum absolute atomic E-state index is 0.786. The lowest BCUT2D eigenvalue weighted by Crippen LogP contribution is -1.69. The minimum Gasteiger partial charge on any atom is -0.299 e. The fourth-order valence-electron chi connectivity index (χ4n) is 0.393. The molecule has 0 spiro atoms. The molecule has 0 rings (SSSR count). The van der Waals surface area contributed by atoms with Gasteiger partial charge in [0.2, 0.25) is 0 Å². The smallest absolute Gasteiger partial charge is 0.143 e. The number of rotatable bonds is 3. The van der Waals surface area contributed by atoms with Crippen LogP contribution >= 0.6 is 15.9 Å². The SMILES string of the molecule is CC(/C=C/CBr)=C\C=O. The highest BCUT2D eigenvalue weighted by atomic mass is 79.9. The molecule has 0 saturated heterocycles. The van der Waals surface area contributed by atoms with Crippen LogP contribution in [-0.2, 0) is 4.79 Å². The van der Waals surface area contributed by atoms with Gasteiger partial charge in [-0.25, -0.2) is 0 Å². The zero-order chi connectivity index (χ0) is 7.11. The van der Waals surface area contributed by atoms with E-state index >= 15 is 0 Å². The molecule has 0 saturated carbocycles. The van der Waals surface area contributed by atoms with E-state index in [9.17, 15) is 4.79 Å². The van der Waals surface area contributed by atoms with Gasteiger partial charge in [0.25, 0.3) is 0 Å². The van der Waals surface area contributed by atoms with Gasteiger partial charge in [0, 0.05) is 5.33 Å². The first-order chi connectivity index (χ1) is 4.31. The Morgan fingerprint density at radius 3 is 2.78 bits per heavy atom. The summed E-state index contributed by atoms with van der Waals surface area (Å²) >= 11 is 3.23. The summed E-state index contributed by atoms with van der Waals surface area (Å²) in [5.41, 5.74) is 0.976. The topological polar surface area (TPSA) is 17.1 Å². The molecular formula is C7H9BrO. The first-order valence-corrected chi connectivity index (χ1v) is 3.78. The van der Waals surface area contributed by atoms with Crippen LogP contribution in [0.2, 0.25) is 0 Å². The third-order valence-electron chi connectivity index (χ3n) is 0.801. The molecule has 0 aromatic carbocycles. The Morgan fingerprint density at radius 2 is 2.33 bits per heavy atom. The molecule has 0 aromatic heterocycles. The molecule has 50 valence electrons. The Hall–Kier alpha value is -0.370. The van der Waals surface area contributed by atoms with E-state index in [1.165, 1.54) is 6.08 Å². The number of carbonyl (C=O) groups excluding carboxylic acids is 1. The van der Waals surface area contributed by atoms with Crippen molar-refractivity contribution in [2.75, 3.05) is 5.33 Å². The van der Waals surface area contributed by atoms with Gasteiger partial charge >= 0.3 is 0 Å². The van der Waals surface area contributed by atoms with Crippen molar-refractivity contribution in [3.63, 3.8) is 0 Å². The average Bonchev–Trinajstić information content (AvgIpc) is 1.85. The average molecular weight is 189 g/mol. The maximum absolute atomic E-state index is 9.86. The predicted molar refractivity (Wildman–Crippen MR) is 42.8 cm³/mol. The van der Waals surface area contributed by atoms with Crippen LogP contribution in [0.3, 0.4) is 0 Å². The molecule has 0 aliphatic heterocycles. The molecule has 0 radical (unpaired) electrons. The van der Waals surface area contributed by atoms with E-state index in [0.717, 1.165) is 17.2 Å². The van der Waals surface area contributed by atoms with Crippen LogP contribution in [0, 0.1) is 0 Å². The molecule has 0 atom stereocenters. The molecule has 2 heteroatoms. The normalized spacial score (nSPS) is 12.4. The Balaban J connectivity index is 3.74. The van der Waals surface area contributed by atoms with E-state index in [4.69, 9.17) is 0 Å². The van der Waals surface area contributed by atoms with Crippen molar-refractivity contribution < 1.29 is 4.79 Å². The second kappa shape index (κ2) is 5.76. The van der Waals surface area contributed by atoms with Crippen molar-refractivity contribution in [2.24, 2.45) is 0 Å². The van der Waals surface area contributed by atoms with Crippen LogP contribution in [0.1, 0.15) is 6.92 Å². The second-order valence-corrected chi connectivity index (χ2v) is 2.25. The fourth-order valence-corrected chi connectivity index (χ4v) is 0.580. The van der Waals surface area contributed by atoms with Crippen LogP contribution < -0.4 is 0 Å². The molecule has 0 bridgehead atoms. The summed E-state index contributed by atoms with van der Waals surface area (Å²) in [5.74, 6) is 0. The van der Waals surface area contributed by atoms with E-state index in [0.29, 0.717) is 0 Å². The highest BCUT2D eigenvalue weighted by Gasteiger charge is 1.76. The number of alkyl halides is 1. The summed E-state index contributed by atoms with van der Waals surface area (Å²) in [6, 6.07) is 0. The van der Waals surface area contributed by atoms with Crippen molar-refractivity contribution in [3.05, 3.63) is 23.8 Å². The zero-order valence-corrected chi connectivity index (χ0v) is 6.89. The quantitative estimate of drug-likeness (QED) is 0.287. The molecular weight excluding hydrogens is 180 g/mol. The summed E-state index contributed by atoms with van der Waals surface area (Å²) in [6.07, 6.45) is 6.14. The maximum Gasteiger partial charge on any atom is 0.143 e. The van der Waals surface area contributed by atoms with Crippen LogP contribution in [0.5, 0.6) is 0 Å². The number of hydrogen-bond donors (Lipinski definition) is 0. The predicted octanol–water partition coefficient (Wildman–Crippen LogP) is 2.08. The largest absolute Gasteiger partial charge is 0.299 e. The van der Waals surface area contributed by atoms with E-state index < -0.39 is 0 Å². The maximum atomic E-state index is 9.86. The van der Waals surface area contributed by atoms with Crippen molar-refractivity contribution in [2.45, 2.75) is 6.92 Å². The van der Waals surface area contributed by atoms with E-state index in [-0.39, 0.29) is 0 Å². The number of allylic oxidation sites excluding steroid dienone is 4. The van der Waals surface area contributed by atoms with Gasteiger partial charge in [-0.15, -0.1) is 0 Å². The van der Waals surface area contributed by atoms with E-state index in [1.54, 1.807) is 0 Å². The van der Waals surface area contributed by atoms with Crippen molar-refractivity contribution in [3.8, 4) is 0 Å². The van der Waals surface area contributed by atoms with Crippen LogP contribution in [0.15, 0.2) is 23.8 Å². The molecule has 0 aliphatic carbocycles. The van der Waals surface area contributed by atoms with Crippen LogP contribution in [0.4, 0.5) is 0 Å². The lowest BCUT2D eigenvalue weighted by Gasteiger charge is -1.83. The summed E-state index contributed by atoms with van der Waals surface area (Å²) < 4.78 is 0. The first kappa shape index (κ1) is 8.63. The molecule has 0 aromatic rings. The summed E-state index contributed by atoms with van der Waals surface area (Å²) in [4.78, 5) is 9.86. The Morgan fingerprint density at radius 1 is 1.67 bits per heavy atom. The van der Waals surface area contributed by atoms with E-state index in [1.807, 2.05) is 19.1 Å². The third-order valence-corrected chi connectivity index (χ3v) is 1.17. The Kier molecular flexibility index (Phi) is 5.52. The molecule has 0 heterocycles. The zero-order valence-electron chi connectivity index (χ0n) is 5.30. The highest BCUT2D eigenvalue weighted by molar-refractivity contribution is 9.09. The van der Waals surface area contributed by atoms with Crippen molar-refractivity contribution in [1.29, 1.82) is 0 Å². The number of hydrogen-bond acceptors (Lipinski definition) is 1. The van der Waals surface area contributed by atoms with Gasteiger partial charge in [0.15, 0.2) is 0 Å². The minimum atomic E-state index is 0.786. The van der Waals surface area contributed by atoms with Gasteiger partial charge in [-0.2, -0.15) is 0 Å². The monoisotopic (exact) mass is 188 g/mol. The third kappa shape index (κ3) is 5.50. The van der Waals surface area contributed by atoms with Crippen LogP contribution in [-0.4, -0.2) is 11.6 Å². The molecule has 9 heavy (non-hydrogen) atoms. The summed E-state index contributed by atoms with van der Waals surface area (Å²) in [7, 11) is 0. The first-order valence-electron chi connectivity index (χ1n) is 2.66. The summed E-state index contributed by atoms with van der Waals surface area (Å²) in [6.45, 7) is 1.88. The van der Waals surface area contributed by atoms with Gasteiger partial charge in [-0.3, -0.25) is 4.79 Å². The van der Waals surface area contributed by atoms with E-state index in [2.05, 4.69) is 15.9 Å². The van der Waals surface area contributed by atoms with Crippen molar-refractivity contribution in [1.82, 2.24) is 0 Å². The standard InChI is InChI=1S/C7H9BrO/c1-7(4-6-9)3-2-5-8/h2-4,6H,5H2,1H3/b3-2+,7-4+. The van der Waals surface area contributed by atoms with Crippen molar-refractivity contribution >= 4 is 22.2 Å². The number of carbonyl (C=O) groups is 1. The Bertz CT molecular complexity index is 136. The molecule has 0 aliphatic rings. The van der Waals surface area contributed by atoms with Gasteiger partial charge < -0.3 is 0 Å². The molecule has 0 unspecified atom stereocenters. The van der Waals surface area contributed by atoms with Gasteiger partial charge in [-0.1, -0.05) is 28.1 Å². The summed E-state index contributed by atoms with van der Waals surface area (Å²) in [5, 5.41) is 0.830. The number of halogens is 1. The fraction of sp³-hybridized carbons (Fsp3) is 0.286.